The normalized spacial score (nSPS) is 15.2. The first-order valence-corrected chi connectivity index (χ1v) is 7.86. The van der Waals surface area contributed by atoms with Gasteiger partial charge >= 0.3 is 0 Å². The standard InChI is InChI=1S/C19H20N2O2/c20-18(22)17(21-19(23)15-11-12-15)16(13-7-3-1-4-8-13)14-9-5-2-6-10-14/h1-10,15-17H,11-12H2,(H2,20,22)(H,21,23)/t17-/m1/s1. The maximum absolute atomic E-state index is 12.2. The number of hydrogen-bond donors (Lipinski definition) is 2. The fourth-order valence-corrected chi connectivity index (χ4v) is 2.83. The van der Waals surface area contributed by atoms with E-state index in [0.717, 1.165) is 24.0 Å². The van der Waals surface area contributed by atoms with Gasteiger partial charge in [-0.2, -0.15) is 0 Å². The van der Waals surface area contributed by atoms with E-state index in [2.05, 4.69) is 5.32 Å². The van der Waals surface area contributed by atoms with Gasteiger partial charge in [0.1, 0.15) is 6.04 Å². The molecule has 1 aliphatic carbocycles. The summed E-state index contributed by atoms with van der Waals surface area (Å²) in [5, 5.41) is 2.86. The third-order valence-corrected chi connectivity index (χ3v) is 4.20. The highest BCUT2D eigenvalue weighted by Crippen LogP contribution is 2.32. The predicted octanol–water partition coefficient (Wildman–Crippen LogP) is 2.20. The number of primary amides is 1. The molecule has 0 aromatic heterocycles. The highest BCUT2D eigenvalue weighted by molar-refractivity contribution is 5.89. The molecule has 3 N–H and O–H groups in total. The Balaban J connectivity index is 1.97. The summed E-state index contributed by atoms with van der Waals surface area (Å²) in [5.41, 5.74) is 7.54. The van der Waals surface area contributed by atoms with E-state index in [1.807, 2.05) is 60.7 Å². The van der Waals surface area contributed by atoms with Crippen LogP contribution in [0, 0.1) is 5.92 Å². The molecule has 0 aliphatic heterocycles. The van der Waals surface area contributed by atoms with Crippen molar-refractivity contribution in [1.29, 1.82) is 0 Å². The Labute approximate surface area is 135 Å². The molecule has 0 radical (unpaired) electrons. The second-order valence-corrected chi connectivity index (χ2v) is 5.96. The van der Waals surface area contributed by atoms with Gasteiger partial charge < -0.3 is 11.1 Å². The summed E-state index contributed by atoms with van der Waals surface area (Å²) in [6.45, 7) is 0. The maximum Gasteiger partial charge on any atom is 0.240 e. The van der Waals surface area contributed by atoms with E-state index in [9.17, 15) is 9.59 Å². The van der Waals surface area contributed by atoms with Crippen LogP contribution >= 0.6 is 0 Å². The van der Waals surface area contributed by atoms with Crippen molar-refractivity contribution in [3.63, 3.8) is 0 Å². The van der Waals surface area contributed by atoms with Gasteiger partial charge in [-0.05, 0) is 24.0 Å². The molecule has 0 saturated heterocycles. The minimum Gasteiger partial charge on any atom is -0.368 e. The van der Waals surface area contributed by atoms with Gasteiger partial charge in [0.05, 0.1) is 0 Å². The number of benzene rings is 2. The topological polar surface area (TPSA) is 72.2 Å². The predicted molar refractivity (Wildman–Crippen MR) is 88.6 cm³/mol. The molecular formula is C19H20N2O2. The van der Waals surface area contributed by atoms with Crippen molar-refractivity contribution in [2.45, 2.75) is 24.8 Å². The van der Waals surface area contributed by atoms with Gasteiger partial charge in [0, 0.05) is 11.8 Å². The summed E-state index contributed by atoms with van der Waals surface area (Å²) in [6, 6.07) is 18.6. The van der Waals surface area contributed by atoms with Gasteiger partial charge in [0.25, 0.3) is 0 Å². The molecule has 2 aromatic rings. The Morgan fingerprint density at radius 1 is 0.913 bits per heavy atom. The first kappa shape index (κ1) is 15.3. The Hall–Kier alpha value is -2.62. The van der Waals surface area contributed by atoms with Crippen LogP contribution in [-0.2, 0) is 9.59 Å². The van der Waals surface area contributed by atoms with Crippen LogP contribution in [0.4, 0.5) is 0 Å². The maximum atomic E-state index is 12.2. The highest BCUT2D eigenvalue weighted by atomic mass is 16.2. The van der Waals surface area contributed by atoms with E-state index >= 15 is 0 Å². The summed E-state index contributed by atoms with van der Waals surface area (Å²) in [5.74, 6) is -0.857. The molecule has 0 bridgehead atoms. The molecule has 0 spiro atoms. The average Bonchev–Trinajstić information content (AvgIpc) is 3.41. The quantitative estimate of drug-likeness (QED) is 0.858. The lowest BCUT2D eigenvalue weighted by Gasteiger charge is -2.26. The van der Waals surface area contributed by atoms with Crippen LogP contribution in [0.5, 0.6) is 0 Å². The summed E-state index contributed by atoms with van der Waals surface area (Å²) < 4.78 is 0. The largest absolute Gasteiger partial charge is 0.368 e. The Morgan fingerprint density at radius 2 is 1.39 bits per heavy atom. The first-order valence-electron chi connectivity index (χ1n) is 7.86. The van der Waals surface area contributed by atoms with Gasteiger partial charge in [0.15, 0.2) is 0 Å². The van der Waals surface area contributed by atoms with Gasteiger partial charge in [-0.15, -0.1) is 0 Å². The second kappa shape index (κ2) is 6.65. The number of rotatable bonds is 6. The zero-order valence-corrected chi connectivity index (χ0v) is 12.8. The molecule has 0 unspecified atom stereocenters. The molecule has 1 fully saturated rings. The van der Waals surface area contributed by atoms with E-state index in [4.69, 9.17) is 5.73 Å². The van der Waals surface area contributed by atoms with Crippen molar-refractivity contribution in [2.24, 2.45) is 11.7 Å². The molecule has 1 saturated carbocycles. The van der Waals surface area contributed by atoms with Crippen LogP contribution in [0.25, 0.3) is 0 Å². The monoisotopic (exact) mass is 308 g/mol. The van der Waals surface area contributed by atoms with Crippen LogP contribution in [0.2, 0.25) is 0 Å². The first-order chi connectivity index (χ1) is 11.2. The number of amides is 2. The lowest BCUT2D eigenvalue weighted by molar-refractivity contribution is -0.128. The molecule has 1 aliphatic rings. The van der Waals surface area contributed by atoms with Crippen LogP contribution in [-0.4, -0.2) is 17.9 Å². The fraction of sp³-hybridized carbons (Fsp3) is 0.263. The number of nitrogens with two attached hydrogens (primary N) is 1. The SMILES string of the molecule is NC(=O)[C@H](NC(=O)C1CC1)C(c1ccccc1)c1ccccc1. The van der Waals surface area contributed by atoms with E-state index in [0.29, 0.717) is 0 Å². The average molecular weight is 308 g/mol. The molecular weight excluding hydrogens is 288 g/mol. The van der Waals surface area contributed by atoms with Gasteiger partial charge in [-0.1, -0.05) is 60.7 Å². The summed E-state index contributed by atoms with van der Waals surface area (Å²) in [4.78, 5) is 24.2. The van der Waals surface area contributed by atoms with Crippen molar-refractivity contribution in [2.75, 3.05) is 0 Å². The number of hydrogen-bond acceptors (Lipinski definition) is 2. The van der Waals surface area contributed by atoms with Gasteiger partial charge in [-0.3, -0.25) is 9.59 Å². The van der Waals surface area contributed by atoms with E-state index in [1.54, 1.807) is 0 Å². The third-order valence-electron chi connectivity index (χ3n) is 4.20. The summed E-state index contributed by atoms with van der Waals surface area (Å²) in [7, 11) is 0. The van der Waals surface area contributed by atoms with Gasteiger partial charge in [-0.25, -0.2) is 0 Å². The van der Waals surface area contributed by atoms with Crippen molar-refractivity contribution >= 4 is 11.8 Å². The minimum atomic E-state index is -0.757. The lowest BCUT2D eigenvalue weighted by Crippen LogP contribution is -2.49. The van der Waals surface area contributed by atoms with Crippen molar-refractivity contribution in [3.8, 4) is 0 Å². The second-order valence-electron chi connectivity index (χ2n) is 5.96. The Morgan fingerprint density at radius 3 is 1.78 bits per heavy atom. The van der Waals surface area contributed by atoms with Crippen LogP contribution < -0.4 is 11.1 Å². The van der Waals surface area contributed by atoms with Crippen molar-refractivity contribution in [3.05, 3.63) is 71.8 Å². The third kappa shape index (κ3) is 3.59. The molecule has 0 heterocycles. The molecule has 118 valence electrons. The van der Waals surface area contributed by atoms with Crippen molar-refractivity contribution in [1.82, 2.24) is 5.32 Å². The summed E-state index contributed by atoms with van der Waals surface area (Å²) in [6.07, 6.45) is 1.78. The Kier molecular flexibility index (Phi) is 4.42. The van der Waals surface area contributed by atoms with E-state index < -0.39 is 11.9 Å². The highest BCUT2D eigenvalue weighted by Gasteiger charge is 2.36. The fourth-order valence-electron chi connectivity index (χ4n) is 2.83. The zero-order valence-electron chi connectivity index (χ0n) is 12.8. The molecule has 2 aromatic carbocycles. The van der Waals surface area contributed by atoms with E-state index in [1.165, 1.54) is 0 Å². The number of carbonyl (C=O) groups is 2. The smallest absolute Gasteiger partial charge is 0.240 e. The molecule has 4 heteroatoms. The molecule has 4 nitrogen and oxygen atoms in total. The van der Waals surface area contributed by atoms with E-state index in [-0.39, 0.29) is 17.7 Å². The molecule has 3 rings (SSSR count). The summed E-state index contributed by atoms with van der Waals surface area (Å²) >= 11 is 0. The number of nitrogens with one attached hydrogen (secondary N) is 1. The zero-order chi connectivity index (χ0) is 16.2. The minimum absolute atomic E-state index is 0.0315. The van der Waals surface area contributed by atoms with Crippen LogP contribution in [0.15, 0.2) is 60.7 Å². The lowest BCUT2D eigenvalue weighted by atomic mass is 9.84. The van der Waals surface area contributed by atoms with Crippen LogP contribution in [0.1, 0.15) is 29.9 Å². The molecule has 2 amide bonds. The van der Waals surface area contributed by atoms with Gasteiger partial charge in [0.2, 0.25) is 11.8 Å². The molecule has 1 atom stereocenters. The van der Waals surface area contributed by atoms with Crippen molar-refractivity contribution < 1.29 is 9.59 Å². The molecule has 23 heavy (non-hydrogen) atoms. The van der Waals surface area contributed by atoms with Crippen LogP contribution in [0.3, 0.4) is 0 Å². The number of carbonyl (C=O) groups excluding carboxylic acids is 2. The Bertz CT molecular complexity index is 642.